The molecule has 1 fully saturated rings. The van der Waals surface area contributed by atoms with Crippen LogP contribution in [0.2, 0.25) is 0 Å². The van der Waals surface area contributed by atoms with Gasteiger partial charge in [-0.25, -0.2) is 13.1 Å². The van der Waals surface area contributed by atoms with E-state index in [-0.39, 0.29) is 10.5 Å². The number of nitrogens with one attached hydrogen (secondary N) is 3. The minimum atomic E-state index is -3.70. The van der Waals surface area contributed by atoms with E-state index >= 15 is 0 Å². The molecule has 1 unspecified atom stereocenters. The number of hydrazine groups is 1. The topological polar surface area (TPSA) is 123 Å². The summed E-state index contributed by atoms with van der Waals surface area (Å²) in [6.07, 6.45) is 1.16. The maximum Gasteiger partial charge on any atom is 0.279 e. The minimum Gasteiger partial charge on any atom is -0.494 e. The van der Waals surface area contributed by atoms with E-state index in [4.69, 9.17) is 9.47 Å². The third-order valence-corrected chi connectivity index (χ3v) is 6.20. The third-order valence-electron chi connectivity index (χ3n) is 4.78. The van der Waals surface area contributed by atoms with Gasteiger partial charge in [0, 0.05) is 12.1 Å². The highest BCUT2D eigenvalue weighted by molar-refractivity contribution is 7.89. The molecule has 9 nitrogen and oxygen atoms in total. The number of hydrogen-bond acceptors (Lipinski definition) is 6. The van der Waals surface area contributed by atoms with Crippen molar-refractivity contribution in [2.75, 3.05) is 13.2 Å². The van der Waals surface area contributed by atoms with Gasteiger partial charge in [-0.1, -0.05) is 6.07 Å². The van der Waals surface area contributed by atoms with Gasteiger partial charge in [0.1, 0.15) is 11.5 Å². The Kier molecular flexibility index (Phi) is 7.70. The van der Waals surface area contributed by atoms with Crippen LogP contribution in [0.15, 0.2) is 53.4 Å². The molecule has 3 rings (SSSR count). The van der Waals surface area contributed by atoms with E-state index in [1.54, 1.807) is 24.3 Å². The molecular formula is C22H27N3O6S. The molecule has 0 bridgehead atoms. The Morgan fingerprint density at radius 2 is 1.75 bits per heavy atom. The first-order valence-electron chi connectivity index (χ1n) is 10.4. The molecule has 3 N–H and O–H groups in total. The van der Waals surface area contributed by atoms with E-state index in [1.165, 1.54) is 31.2 Å². The Balaban J connectivity index is 1.52. The fourth-order valence-electron chi connectivity index (χ4n) is 2.77. The summed E-state index contributed by atoms with van der Waals surface area (Å²) in [6, 6.07) is 12.4. The number of carbonyl (C=O) groups excluding carboxylic acids is 2. The highest BCUT2D eigenvalue weighted by atomic mass is 32.2. The summed E-state index contributed by atoms with van der Waals surface area (Å²) in [5.74, 6) is 0.335. The molecule has 32 heavy (non-hydrogen) atoms. The van der Waals surface area contributed by atoms with Gasteiger partial charge in [0.2, 0.25) is 10.0 Å². The molecule has 0 saturated heterocycles. The molecule has 0 aromatic heterocycles. The number of rotatable bonds is 10. The molecule has 1 saturated carbocycles. The van der Waals surface area contributed by atoms with Crippen LogP contribution in [-0.2, 0) is 14.8 Å². The van der Waals surface area contributed by atoms with Crippen LogP contribution in [0.25, 0.3) is 0 Å². The third kappa shape index (κ3) is 6.69. The standard InChI is InChI=1S/C22H27N3O6S/c1-3-30-18-9-11-19(12-10-18)31-15(2)21(26)24-25-22(27)17-5-4-6-20(13-17)32(28,29)23-14-16-7-8-16/h4-6,9-13,15-16,23H,3,7-8,14H2,1-2H3,(H,24,26)(H,25,27). The smallest absolute Gasteiger partial charge is 0.279 e. The van der Waals surface area contributed by atoms with Gasteiger partial charge in [0.15, 0.2) is 6.10 Å². The molecule has 1 aliphatic rings. The summed E-state index contributed by atoms with van der Waals surface area (Å²) < 4.78 is 38.2. The summed E-state index contributed by atoms with van der Waals surface area (Å²) in [7, 11) is -3.70. The SMILES string of the molecule is CCOc1ccc(OC(C)C(=O)NNC(=O)c2cccc(S(=O)(=O)NCC3CC3)c2)cc1. The maximum atomic E-state index is 12.4. The van der Waals surface area contributed by atoms with Gasteiger partial charge in [-0.05, 0) is 75.1 Å². The lowest BCUT2D eigenvalue weighted by Crippen LogP contribution is -2.47. The second kappa shape index (κ2) is 10.5. The maximum absolute atomic E-state index is 12.4. The molecule has 0 spiro atoms. The number of sulfonamides is 1. The number of ether oxygens (including phenoxy) is 2. The van der Waals surface area contributed by atoms with Crippen molar-refractivity contribution in [3.05, 3.63) is 54.1 Å². The summed E-state index contributed by atoms with van der Waals surface area (Å²) in [4.78, 5) is 24.6. The zero-order valence-corrected chi connectivity index (χ0v) is 18.8. The van der Waals surface area contributed by atoms with Crippen LogP contribution < -0.4 is 25.0 Å². The fraction of sp³-hybridized carbons (Fsp3) is 0.364. The van der Waals surface area contributed by atoms with Gasteiger partial charge < -0.3 is 9.47 Å². The highest BCUT2D eigenvalue weighted by Crippen LogP contribution is 2.28. The van der Waals surface area contributed by atoms with Crippen molar-refractivity contribution in [3.8, 4) is 11.5 Å². The monoisotopic (exact) mass is 461 g/mol. The fourth-order valence-corrected chi connectivity index (χ4v) is 3.93. The van der Waals surface area contributed by atoms with E-state index < -0.39 is 27.9 Å². The number of benzene rings is 2. The molecule has 10 heteroatoms. The second-order valence-corrected chi connectivity index (χ2v) is 9.20. The molecule has 0 radical (unpaired) electrons. The number of hydrogen-bond donors (Lipinski definition) is 3. The van der Waals surface area contributed by atoms with Crippen LogP contribution >= 0.6 is 0 Å². The predicted octanol–water partition coefficient (Wildman–Crippen LogP) is 2.00. The molecule has 2 amide bonds. The summed E-state index contributed by atoms with van der Waals surface area (Å²) >= 11 is 0. The summed E-state index contributed by atoms with van der Waals surface area (Å²) in [6.45, 7) is 4.36. The highest BCUT2D eigenvalue weighted by Gasteiger charge is 2.24. The van der Waals surface area contributed by atoms with Crippen molar-refractivity contribution < 1.29 is 27.5 Å². The Morgan fingerprint density at radius 3 is 2.41 bits per heavy atom. The minimum absolute atomic E-state index is 0.00988. The van der Waals surface area contributed by atoms with E-state index in [0.29, 0.717) is 30.6 Å². The van der Waals surface area contributed by atoms with E-state index in [0.717, 1.165) is 12.8 Å². The van der Waals surface area contributed by atoms with Crippen molar-refractivity contribution >= 4 is 21.8 Å². The Hall–Kier alpha value is -3.11. The Bertz CT molecular complexity index is 1050. The lowest BCUT2D eigenvalue weighted by molar-refractivity contribution is -0.128. The van der Waals surface area contributed by atoms with Crippen molar-refractivity contribution in [3.63, 3.8) is 0 Å². The normalized spacial score (nSPS) is 14.3. The van der Waals surface area contributed by atoms with E-state index in [1.807, 2.05) is 6.92 Å². The lowest BCUT2D eigenvalue weighted by Gasteiger charge is -2.15. The second-order valence-electron chi connectivity index (χ2n) is 7.43. The van der Waals surface area contributed by atoms with Crippen molar-refractivity contribution in [1.82, 2.24) is 15.6 Å². The van der Waals surface area contributed by atoms with Gasteiger partial charge >= 0.3 is 0 Å². The summed E-state index contributed by atoms with van der Waals surface area (Å²) in [5.41, 5.74) is 4.66. The molecular weight excluding hydrogens is 434 g/mol. The van der Waals surface area contributed by atoms with Crippen molar-refractivity contribution in [2.45, 2.75) is 37.7 Å². The molecule has 1 aliphatic carbocycles. The van der Waals surface area contributed by atoms with Gasteiger partial charge in [0.05, 0.1) is 11.5 Å². The largest absolute Gasteiger partial charge is 0.494 e. The summed E-state index contributed by atoms with van der Waals surface area (Å²) in [5, 5.41) is 0. The quantitative estimate of drug-likeness (QED) is 0.465. The molecule has 0 heterocycles. The van der Waals surface area contributed by atoms with Gasteiger partial charge in [0.25, 0.3) is 11.8 Å². The van der Waals surface area contributed by atoms with Gasteiger partial charge in [-0.2, -0.15) is 0 Å². The van der Waals surface area contributed by atoms with E-state index in [2.05, 4.69) is 15.6 Å². The average molecular weight is 462 g/mol. The predicted molar refractivity (Wildman–Crippen MR) is 118 cm³/mol. The molecule has 0 aliphatic heterocycles. The molecule has 172 valence electrons. The number of carbonyl (C=O) groups is 2. The Labute approximate surface area is 187 Å². The lowest BCUT2D eigenvalue weighted by atomic mass is 10.2. The van der Waals surface area contributed by atoms with Crippen LogP contribution in [0, 0.1) is 5.92 Å². The van der Waals surface area contributed by atoms with Crippen molar-refractivity contribution in [2.24, 2.45) is 5.92 Å². The zero-order valence-electron chi connectivity index (χ0n) is 18.0. The van der Waals surface area contributed by atoms with Crippen LogP contribution in [-0.4, -0.2) is 39.5 Å². The molecule has 2 aromatic rings. The van der Waals surface area contributed by atoms with Gasteiger partial charge in [-0.15, -0.1) is 0 Å². The molecule has 2 aromatic carbocycles. The van der Waals surface area contributed by atoms with Crippen LogP contribution in [0.5, 0.6) is 11.5 Å². The number of amides is 2. The van der Waals surface area contributed by atoms with Crippen molar-refractivity contribution in [1.29, 1.82) is 0 Å². The first-order valence-corrected chi connectivity index (χ1v) is 11.9. The van der Waals surface area contributed by atoms with Crippen LogP contribution in [0.4, 0.5) is 0 Å². The van der Waals surface area contributed by atoms with Crippen LogP contribution in [0.3, 0.4) is 0 Å². The van der Waals surface area contributed by atoms with E-state index in [9.17, 15) is 18.0 Å². The molecule has 1 atom stereocenters. The zero-order chi connectivity index (χ0) is 23.1. The van der Waals surface area contributed by atoms with Crippen LogP contribution in [0.1, 0.15) is 37.0 Å². The first-order chi connectivity index (χ1) is 15.3. The van der Waals surface area contributed by atoms with Gasteiger partial charge in [-0.3, -0.25) is 20.4 Å². The average Bonchev–Trinajstić information content (AvgIpc) is 3.62. The first kappa shape index (κ1) is 23.6. The Morgan fingerprint density at radius 1 is 1.06 bits per heavy atom.